The molecule has 142 valence electrons. The topological polar surface area (TPSA) is 94.8 Å². The van der Waals surface area contributed by atoms with E-state index in [2.05, 4.69) is 0 Å². The molecule has 0 radical (unpaired) electrons. The molecule has 1 saturated carbocycles. The van der Waals surface area contributed by atoms with E-state index in [4.69, 9.17) is 38.5 Å². The van der Waals surface area contributed by atoms with E-state index in [-0.39, 0.29) is 24.1 Å². The molecule has 1 aliphatic carbocycles. The Morgan fingerprint density at radius 2 is 1.52 bits per heavy atom. The monoisotopic (exact) mass is 376 g/mol. The van der Waals surface area contributed by atoms with Gasteiger partial charge in [0.2, 0.25) is 0 Å². The Kier molecular flexibility index (Phi) is 35.6. The van der Waals surface area contributed by atoms with Gasteiger partial charge in [-0.2, -0.15) is 0 Å². The van der Waals surface area contributed by atoms with Crippen molar-refractivity contribution in [2.75, 3.05) is 20.3 Å². The fourth-order valence-electron chi connectivity index (χ4n) is 1.28. The summed E-state index contributed by atoms with van der Waals surface area (Å²) in [6, 6.07) is 0. The SMILES string of the molecule is CC(C)=O.CCCO.CCO.CO.O=C1CCCCC1C(Cl)Cl. The van der Waals surface area contributed by atoms with Crippen molar-refractivity contribution < 1.29 is 24.9 Å². The molecule has 3 N–H and O–H groups in total. The van der Waals surface area contributed by atoms with Crippen LogP contribution in [0.5, 0.6) is 0 Å². The van der Waals surface area contributed by atoms with Crippen molar-refractivity contribution in [1.29, 1.82) is 0 Å². The Morgan fingerprint density at radius 1 is 1.17 bits per heavy atom. The molecule has 1 atom stereocenters. The number of aliphatic hydroxyl groups excluding tert-OH is 3. The lowest BCUT2D eigenvalue weighted by atomic mass is 9.89. The minimum atomic E-state index is -0.493. The lowest BCUT2D eigenvalue weighted by Gasteiger charge is -2.20. The van der Waals surface area contributed by atoms with Gasteiger partial charge >= 0.3 is 0 Å². The van der Waals surface area contributed by atoms with Crippen LogP contribution in [0.15, 0.2) is 0 Å². The van der Waals surface area contributed by atoms with Gasteiger partial charge in [-0.15, -0.1) is 23.2 Å². The van der Waals surface area contributed by atoms with Crippen LogP contribution < -0.4 is 0 Å². The van der Waals surface area contributed by atoms with E-state index in [0.717, 1.165) is 32.8 Å². The van der Waals surface area contributed by atoms with Crippen molar-refractivity contribution in [3.05, 3.63) is 0 Å². The van der Waals surface area contributed by atoms with Gasteiger partial charge in [0.05, 0.1) is 0 Å². The van der Waals surface area contributed by atoms with Gasteiger partial charge in [-0.3, -0.25) is 4.79 Å². The third-order valence-corrected chi connectivity index (χ3v) is 2.74. The number of ketones is 2. The van der Waals surface area contributed by atoms with Gasteiger partial charge in [-0.05, 0) is 40.0 Å². The third kappa shape index (κ3) is 34.2. The highest BCUT2D eigenvalue weighted by molar-refractivity contribution is 6.45. The van der Waals surface area contributed by atoms with Gasteiger partial charge < -0.3 is 20.1 Å². The summed E-state index contributed by atoms with van der Waals surface area (Å²) in [5.74, 6) is 0.318. The molecule has 0 saturated heterocycles. The van der Waals surface area contributed by atoms with Crippen molar-refractivity contribution in [3.63, 3.8) is 0 Å². The number of hydrogen-bond donors (Lipinski definition) is 3. The molecular formula is C16H34Cl2O5. The lowest BCUT2D eigenvalue weighted by Crippen LogP contribution is -2.24. The van der Waals surface area contributed by atoms with Gasteiger partial charge in [0.25, 0.3) is 0 Å². The van der Waals surface area contributed by atoms with Crippen LogP contribution in [-0.2, 0) is 9.59 Å². The highest BCUT2D eigenvalue weighted by atomic mass is 35.5. The van der Waals surface area contributed by atoms with E-state index < -0.39 is 4.84 Å². The summed E-state index contributed by atoms with van der Waals surface area (Å²) in [5.41, 5.74) is 0. The van der Waals surface area contributed by atoms with Crippen molar-refractivity contribution >= 4 is 34.8 Å². The summed E-state index contributed by atoms with van der Waals surface area (Å²) in [4.78, 5) is 20.0. The number of carbonyl (C=O) groups excluding carboxylic acids is 2. The quantitative estimate of drug-likeness (QED) is 0.643. The van der Waals surface area contributed by atoms with Gasteiger partial charge in [0, 0.05) is 32.7 Å². The standard InChI is InChI=1S/C7H10Cl2O.C3H6O.C3H8O.C2H6O.CH4O/c8-7(9)5-3-1-2-4-6(5)10;1-3(2)4;1-2-3-4;1-2-3;1-2/h5,7H,1-4H2;1-2H3;4H,2-3H2,1H3;3H,2H2,1H3;2H,1H3. The molecule has 23 heavy (non-hydrogen) atoms. The third-order valence-electron chi connectivity index (χ3n) is 2.13. The largest absolute Gasteiger partial charge is 0.400 e. The summed E-state index contributed by atoms with van der Waals surface area (Å²) in [6.07, 6.45) is 4.51. The predicted molar refractivity (Wildman–Crippen MR) is 97.1 cm³/mol. The molecule has 0 heterocycles. The van der Waals surface area contributed by atoms with Crippen LogP contribution in [0.1, 0.15) is 59.8 Å². The number of halogens is 2. The van der Waals surface area contributed by atoms with Crippen molar-refractivity contribution in [2.45, 2.75) is 64.6 Å². The van der Waals surface area contributed by atoms with Crippen molar-refractivity contribution in [1.82, 2.24) is 0 Å². The van der Waals surface area contributed by atoms with Crippen LogP contribution in [0.3, 0.4) is 0 Å². The second-order valence-corrected chi connectivity index (χ2v) is 5.76. The molecule has 0 aliphatic heterocycles. The second kappa shape index (κ2) is 26.7. The van der Waals surface area contributed by atoms with E-state index >= 15 is 0 Å². The minimum Gasteiger partial charge on any atom is -0.400 e. The summed E-state index contributed by atoms with van der Waals surface area (Å²) in [5, 5.41) is 22.4. The fourth-order valence-corrected chi connectivity index (χ4v) is 1.81. The molecule has 0 aromatic heterocycles. The van der Waals surface area contributed by atoms with E-state index in [9.17, 15) is 9.59 Å². The van der Waals surface area contributed by atoms with E-state index in [0.29, 0.717) is 13.0 Å². The smallest absolute Gasteiger partial charge is 0.138 e. The Labute approximate surface area is 151 Å². The first kappa shape index (κ1) is 30.7. The first-order valence-corrected chi connectivity index (χ1v) is 8.60. The Morgan fingerprint density at radius 3 is 1.70 bits per heavy atom. The first-order chi connectivity index (χ1) is 10.8. The summed E-state index contributed by atoms with van der Waals surface area (Å²) >= 11 is 11.2. The number of aliphatic hydroxyl groups is 3. The minimum absolute atomic E-state index is 0.0860. The number of alkyl halides is 2. The van der Waals surface area contributed by atoms with E-state index in [1.807, 2.05) is 6.92 Å². The normalized spacial score (nSPS) is 15.4. The molecule has 1 fully saturated rings. The molecule has 0 aromatic carbocycles. The Bertz CT molecular complexity index is 243. The maximum atomic E-state index is 11.1. The summed E-state index contributed by atoms with van der Waals surface area (Å²) in [7, 11) is 1.00. The Balaban J connectivity index is -0.000000117. The number of carbonyl (C=O) groups is 2. The van der Waals surface area contributed by atoms with Gasteiger partial charge in [0.1, 0.15) is 16.4 Å². The maximum absolute atomic E-state index is 11.1. The molecule has 1 unspecified atom stereocenters. The summed E-state index contributed by atoms with van der Waals surface area (Å²) < 4.78 is 0. The van der Waals surface area contributed by atoms with Gasteiger partial charge in [-0.1, -0.05) is 13.3 Å². The van der Waals surface area contributed by atoms with E-state index in [1.54, 1.807) is 6.92 Å². The lowest BCUT2D eigenvalue weighted by molar-refractivity contribution is -0.124. The fraction of sp³-hybridized carbons (Fsp3) is 0.875. The Hall–Kier alpha value is -0.200. The zero-order valence-electron chi connectivity index (χ0n) is 15.0. The number of Topliss-reactive ketones (excluding diaryl/α,β-unsaturated/α-hetero) is 2. The van der Waals surface area contributed by atoms with Crippen LogP contribution in [0.4, 0.5) is 0 Å². The molecule has 1 aliphatic rings. The van der Waals surface area contributed by atoms with Crippen molar-refractivity contribution in [3.8, 4) is 0 Å². The zero-order chi connectivity index (χ0) is 19.3. The average molecular weight is 377 g/mol. The molecule has 0 spiro atoms. The van der Waals surface area contributed by atoms with Crippen molar-refractivity contribution in [2.24, 2.45) is 5.92 Å². The molecular weight excluding hydrogens is 343 g/mol. The van der Waals surface area contributed by atoms with Gasteiger partial charge in [0.15, 0.2) is 0 Å². The highest BCUT2D eigenvalue weighted by Crippen LogP contribution is 2.28. The second-order valence-electron chi connectivity index (χ2n) is 4.60. The highest BCUT2D eigenvalue weighted by Gasteiger charge is 2.27. The van der Waals surface area contributed by atoms with Crippen LogP contribution in [-0.4, -0.2) is 52.0 Å². The molecule has 5 nitrogen and oxygen atoms in total. The van der Waals surface area contributed by atoms with E-state index in [1.165, 1.54) is 13.8 Å². The van der Waals surface area contributed by atoms with Crippen LogP contribution >= 0.6 is 23.2 Å². The summed E-state index contributed by atoms with van der Waals surface area (Å²) in [6.45, 7) is 7.24. The molecule has 7 heteroatoms. The number of hydrogen-bond acceptors (Lipinski definition) is 5. The molecule has 0 bridgehead atoms. The van der Waals surface area contributed by atoms with Crippen LogP contribution in [0.25, 0.3) is 0 Å². The molecule has 0 amide bonds. The maximum Gasteiger partial charge on any atom is 0.138 e. The van der Waals surface area contributed by atoms with Crippen LogP contribution in [0.2, 0.25) is 0 Å². The molecule has 0 aromatic rings. The molecule has 1 rings (SSSR count). The zero-order valence-corrected chi connectivity index (χ0v) is 16.5. The average Bonchev–Trinajstić information content (AvgIpc) is 2.50. The predicted octanol–water partition coefficient (Wildman–Crippen LogP) is 3.14. The number of rotatable bonds is 2. The van der Waals surface area contributed by atoms with Gasteiger partial charge in [-0.25, -0.2) is 0 Å². The van der Waals surface area contributed by atoms with Crippen LogP contribution in [0, 0.1) is 5.92 Å². The first-order valence-electron chi connectivity index (χ1n) is 7.72.